The number of halogens is 1. The maximum atomic E-state index is 13.5. The molecule has 4 aromatic rings. The largest absolute Gasteiger partial charge is 0.507 e. The molecular weight excluding hydrogens is 536 g/mol. The molecule has 0 bridgehead atoms. The number of unbranched alkanes of at least 4 members (excludes halogenated alkanes) is 1. The summed E-state index contributed by atoms with van der Waals surface area (Å²) < 4.78 is 12.1. The van der Waals surface area contributed by atoms with E-state index >= 15 is 0 Å². The van der Waals surface area contributed by atoms with Gasteiger partial charge < -0.3 is 14.6 Å². The van der Waals surface area contributed by atoms with Gasteiger partial charge in [0, 0.05) is 10.6 Å². The van der Waals surface area contributed by atoms with Crippen LogP contribution < -0.4 is 14.4 Å². The predicted octanol–water partition coefficient (Wildman–Crippen LogP) is 7.15. The summed E-state index contributed by atoms with van der Waals surface area (Å²) >= 11 is 7.43. The molecule has 1 N–H and O–H groups in total. The van der Waals surface area contributed by atoms with Crippen molar-refractivity contribution in [1.29, 1.82) is 0 Å². The van der Waals surface area contributed by atoms with Crippen LogP contribution in [0.3, 0.4) is 0 Å². The molecule has 5 rings (SSSR count). The highest BCUT2D eigenvalue weighted by Crippen LogP contribution is 2.44. The maximum absolute atomic E-state index is 13.5. The van der Waals surface area contributed by atoms with Crippen LogP contribution in [0, 0.1) is 0 Å². The Hall–Kier alpha value is -3.88. The van der Waals surface area contributed by atoms with E-state index in [2.05, 4.69) is 11.9 Å². The van der Waals surface area contributed by atoms with Gasteiger partial charge in [-0.2, -0.15) is 0 Å². The monoisotopic (exact) mass is 562 g/mol. The van der Waals surface area contributed by atoms with E-state index in [1.807, 2.05) is 6.92 Å². The second-order valence-corrected chi connectivity index (χ2v) is 10.5. The van der Waals surface area contributed by atoms with Crippen molar-refractivity contribution in [1.82, 2.24) is 4.98 Å². The molecule has 3 aromatic carbocycles. The maximum Gasteiger partial charge on any atom is 0.301 e. The zero-order valence-electron chi connectivity index (χ0n) is 21.5. The minimum atomic E-state index is -0.891. The van der Waals surface area contributed by atoms with Gasteiger partial charge in [0.2, 0.25) is 0 Å². The number of amides is 1. The Bertz CT molecular complexity index is 1550. The zero-order chi connectivity index (χ0) is 27.5. The van der Waals surface area contributed by atoms with E-state index in [1.54, 1.807) is 66.7 Å². The second kappa shape index (κ2) is 11.5. The van der Waals surface area contributed by atoms with Gasteiger partial charge in [-0.3, -0.25) is 14.5 Å². The smallest absolute Gasteiger partial charge is 0.301 e. The highest BCUT2D eigenvalue weighted by Gasteiger charge is 2.48. The number of anilines is 1. The van der Waals surface area contributed by atoms with E-state index in [4.69, 9.17) is 21.1 Å². The van der Waals surface area contributed by atoms with Crippen LogP contribution in [-0.2, 0) is 9.59 Å². The lowest BCUT2D eigenvalue weighted by atomic mass is 9.95. The molecule has 1 unspecified atom stereocenters. The van der Waals surface area contributed by atoms with Gasteiger partial charge in [-0.15, -0.1) is 0 Å². The first-order valence-corrected chi connectivity index (χ1v) is 13.9. The summed E-state index contributed by atoms with van der Waals surface area (Å²) in [5.74, 6) is -0.493. The average Bonchev–Trinajstić information content (AvgIpc) is 3.47. The van der Waals surface area contributed by atoms with Crippen LogP contribution in [0.25, 0.3) is 16.0 Å². The van der Waals surface area contributed by atoms with Gasteiger partial charge in [-0.25, -0.2) is 4.98 Å². The summed E-state index contributed by atoms with van der Waals surface area (Å²) in [5.41, 5.74) is 1.69. The van der Waals surface area contributed by atoms with Crippen molar-refractivity contribution in [3.63, 3.8) is 0 Å². The van der Waals surface area contributed by atoms with Gasteiger partial charge in [0.15, 0.2) is 5.13 Å². The minimum absolute atomic E-state index is 0.0129. The van der Waals surface area contributed by atoms with Crippen LogP contribution in [0.2, 0.25) is 5.02 Å². The number of aliphatic hydroxyl groups is 1. The summed E-state index contributed by atoms with van der Waals surface area (Å²) in [4.78, 5) is 32.9. The Kier molecular flexibility index (Phi) is 7.86. The molecule has 200 valence electrons. The lowest BCUT2D eigenvalue weighted by Crippen LogP contribution is -2.29. The number of ketones is 1. The minimum Gasteiger partial charge on any atom is -0.507 e. The highest BCUT2D eigenvalue weighted by atomic mass is 35.5. The van der Waals surface area contributed by atoms with Crippen LogP contribution in [0.4, 0.5) is 5.13 Å². The summed E-state index contributed by atoms with van der Waals surface area (Å²) in [5, 5.41) is 12.3. The third kappa shape index (κ3) is 5.35. The summed E-state index contributed by atoms with van der Waals surface area (Å²) in [6.07, 6.45) is 1.96. The number of nitrogens with zero attached hydrogens (tertiary/aromatic N) is 2. The summed E-state index contributed by atoms with van der Waals surface area (Å²) in [6.45, 7) is 5.07. The molecule has 2 heterocycles. The Labute approximate surface area is 235 Å². The third-order valence-electron chi connectivity index (χ3n) is 6.39. The van der Waals surface area contributed by atoms with Crippen molar-refractivity contribution in [2.45, 2.75) is 32.7 Å². The van der Waals surface area contributed by atoms with E-state index in [0.717, 1.165) is 17.5 Å². The molecule has 0 saturated carbocycles. The number of rotatable bonds is 9. The molecular formula is C30H27ClN2O5S. The van der Waals surface area contributed by atoms with Crippen molar-refractivity contribution in [3.8, 4) is 11.5 Å². The molecule has 1 saturated heterocycles. The lowest BCUT2D eigenvalue weighted by molar-refractivity contribution is -0.132. The topological polar surface area (TPSA) is 89.0 Å². The molecule has 0 aliphatic carbocycles. The number of hydrogen-bond acceptors (Lipinski definition) is 7. The van der Waals surface area contributed by atoms with Crippen LogP contribution in [0.1, 0.15) is 43.9 Å². The molecule has 39 heavy (non-hydrogen) atoms. The highest BCUT2D eigenvalue weighted by molar-refractivity contribution is 7.22. The fourth-order valence-electron chi connectivity index (χ4n) is 4.45. The Morgan fingerprint density at radius 1 is 1.00 bits per heavy atom. The van der Waals surface area contributed by atoms with Crippen molar-refractivity contribution in [3.05, 3.63) is 88.5 Å². The van der Waals surface area contributed by atoms with Crippen molar-refractivity contribution in [2.24, 2.45) is 0 Å². The zero-order valence-corrected chi connectivity index (χ0v) is 23.1. The second-order valence-electron chi connectivity index (χ2n) is 9.01. The fraction of sp³-hybridized carbons (Fsp3) is 0.233. The van der Waals surface area contributed by atoms with E-state index in [-0.39, 0.29) is 11.3 Å². The summed E-state index contributed by atoms with van der Waals surface area (Å²) in [7, 11) is 0. The van der Waals surface area contributed by atoms with E-state index in [9.17, 15) is 14.7 Å². The molecule has 1 aliphatic rings. The molecule has 9 heteroatoms. The number of aliphatic hydroxyl groups excluding tert-OH is 1. The van der Waals surface area contributed by atoms with E-state index < -0.39 is 17.7 Å². The van der Waals surface area contributed by atoms with Gasteiger partial charge in [0.25, 0.3) is 5.78 Å². The number of thiazole rings is 1. The number of carbonyl (C=O) groups excluding carboxylic acids is 2. The first-order chi connectivity index (χ1) is 18.9. The standard InChI is InChI=1S/C30H27ClN2O5S/c1-3-5-16-38-22-11-6-18(7-12-22)26-25(27(34)19-8-13-21(14-9-19)37-4-2)28(35)29(36)33(26)30-32-23-15-10-20(31)17-24(23)39-30/h6-15,17,26,34H,3-5,16H2,1-2H3/b27-25+. The molecule has 0 spiro atoms. The lowest BCUT2D eigenvalue weighted by Gasteiger charge is -2.23. The average molecular weight is 563 g/mol. The van der Waals surface area contributed by atoms with Gasteiger partial charge >= 0.3 is 5.91 Å². The third-order valence-corrected chi connectivity index (χ3v) is 7.64. The first kappa shape index (κ1) is 26.7. The normalized spacial score (nSPS) is 16.7. The number of aromatic nitrogens is 1. The van der Waals surface area contributed by atoms with Crippen LogP contribution >= 0.6 is 22.9 Å². The Balaban J connectivity index is 1.61. The Morgan fingerprint density at radius 3 is 2.38 bits per heavy atom. The van der Waals surface area contributed by atoms with Gasteiger partial charge in [0.1, 0.15) is 17.3 Å². The van der Waals surface area contributed by atoms with Gasteiger partial charge in [0.05, 0.1) is 35.0 Å². The van der Waals surface area contributed by atoms with Crippen LogP contribution in [0.15, 0.2) is 72.3 Å². The molecule has 1 amide bonds. The van der Waals surface area contributed by atoms with Gasteiger partial charge in [-0.05, 0) is 73.5 Å². The van der Waals surface area contributed by atoms with Crippen molar-refractivity contribution < 1.29 is 24.2 Å². The molecule has 1 aromatic heterocycles. The van der Waals surface area contributed by atoms with Crippen molar-refractivity contribution >= 4 is 55.7 Å². The van der Waals surface area contributed by atoms with Gasteiger partial charge in [-0.1, -0.05) is 48.4 Å². The van der Waals surface area contributed by atoms with E-state index in [1.165, 1.54) is 16.2 Å². The quantitative estimate of drug-likeness (QED) is 0.101. The number of hydrogen-bond donors (Lipinski definition) is 1. The summed E-state index contributed by atoms with van der Waals surface area (Å²) in [6, 6.07) is 18.3. The molecule has 1 aliphatic heterocycles. The first-order valence-electron chi connectivity index (χ1n) is 12.7. The number of carbonyl (C=O) groups is 2. The number of Topliss-reactive ketones (excluding diaryl/α,β-unsaturated/α-hetero) is 1. The molecule has 0 radical (unpaired) electrons. The molecule has 7 nitrogen and oxygen atoms in total. The Morgan fingerprint density at radius 2 is 1.69 bits per heavy atom. The number of benzene rings is 3. The fourth-order valence-corrected chi connectivity index (χ4v) is 5.71. The molecule has 1 fully saturated rings. The van der Waals surface area contributed by atoms with Crippen LogP contribution in [-0.4, -0.2) is 35.0 Å². The van der Waals surface area contributed by atoms with Crippen LogP contribution in [0.5, 0.6) is 11.5 Å². The number of ether oxygens (including phenoxy) is 2. The van der Waals surface area contributed by atoms with Crippen molar-refractivity contribution in [2.75, 3.05) is 18.1 Å². The van der Waals surface area contributed by atoms with E-state index in [0.29, 0.717) is 51.5 Å². The SMILES string of the molecule is CCCCOc1ccc(C2/C(=C(\O)c3ccc(OCC)cc3)C(=O)C(=O)N2c2nc3ccc(Cl)cc3s2)cc1. The predicted molar refractivity (Wildman–Crippen MR) is 154 cm³/mol. The number of fused-ring (bicyclic) bond motifs is 1. The molecule has 1 atom stereocenters.